The van der Waals surface area contributed by atoms with Crippen LogP contribution in [-0.4, -0.2) is 29.9 Å². The summed E-state index contributed by atoms with van der Waals surface area (Å²) in [7, 11) is 1.46. The molecule has 22 heavy (non-hydrogen) atoms. The third-order valence-electron chi connectivity index (χ3n) is 4.04. The summed E-state index contributed by atoms with van der Waals surface area (Å²) in [6.07, 6.45) is 3.72. The molecular formula is C16H17N3O3. The molecule has 1 unspecified atom stereocenters. The Morgan fingerprint density at radius 1 is 1.59 bits per heavy atom. The largest absolute Gasteiger partial charge is 0.480 e. The lowest BCUT2D eigenvalue weighted by Crippen LogP contribution is -2.21. The number of aryl methyl sites for hydroxylation is 1. The van der Waals surface area contributed by atoms with Gasteiger partial charge < -0.3 is 14.0 Å². The van der Waals surface area contributed by atoms with Gasteiger partial charge in [0.15, 0.2) is 0 Å². The van der Waals surface area contributed by atoms with Crippen molar-refractivity contribution in [2.24, 2.45) is 5.92 Å². The number of methoxy groups -OCH3 is 1. The first-order chi connectivity index (χ1) is 10.7. The molecule has 0 spiro atoms. The molecule has 0 bridgehead atoms. The monoisotopic (exact) mass is 299 g/mol. The fourth-order valence-corrected chi connectivity index (χ4v) is 2.74. The molecule has 0 radical (unpaired) electrons. The maximum Gasteiger partial charge on any atom is 0.260 e. The van der Waals surface area contributed by atoms with Crippen molar-refractivity contribution >= 4 is 10.9 Å². The number of ether oxygens (including phenoxy) is 2. The van der Waals surface area contributed by atoms with Crippen LogP contribution in [0.5, 0.6) is 5.88 Å². The Morgan fingerprint density at radius 3 is 3.14 bits per heavy atom. The molecule has 1 aliphatic heterocycles. The van der Waals surface area contributed by atoms with Crippen LogP contribution in [0, 0.1) is 17.2 Å². The minimum atomic E-state index is -0.122. The van der Waals surface area contributed by atoms with E-state index in [9.17, 15) is 4.79 Å². The smallest absolute Gasteiger partial charge is 0.260 e. The molecule has 1 fully saturated rings. The number of hydrogen-bond donors (Lipinski definition) is 0. The van der Waals surface area contributed by atoms with Crippen LogP contribution in [0.1, 0.15) is 18.4 Å². The summed E-state index contributed by atoms with van der Waals surface area (Å²) in [5.41, 5.74) is 0.693. The zero-order valence-electron chi connectivity index (χ0n) is 12.4. The highest BCUT2D eigenvalue weighted by molar-refractivity contribution is 5.79. The van der Waals surface area contributed by atoms with E-state index in [-0.39, 0.29) is 17.0 Å². The molecule has 6 heteroatoms. The maximum atomic E-state index is 12.5. The standard InChI is InChI=1S/C16H17N3O3/c1-21-15-12(9-17)8-13-14(18-15)3-6-19(16(13)20)5-2-11-4-7-22-10-11/h3,6,8,11H,2,4-5,7,10H2,1H3. The van der Waals surface area contributed by atoms with Crippen molar-refractivity contribution in [3.05, 3.63) is 34.2 Å². The van der Waals surface area contributed by atoms with Gasteiger partial charge in [-0.25, -0.2) is 4.98 Å². The SMILES string of the molecule is COc1nc2ccn(CCC3CCOC3)c(=O)c2cc1C#N. The molecule has 3 rings (SSSR count). The first kappa shape index (κ1) is 14.5. The van der Waals surface area contributed by atoms with E-state index >= 15 is 0 Å². The number of nitriles is 1. The van der Waals surface area contributed by atoms with Gasteiger partial charge in [-0.05, 0) is 30.9 Å². The third-order valence-corrected chi connectivity index (χ3v) is 4.04. The highest BCUT2D eigenvalue weighted by Gasteiger charge is 2.16. The van der Waals surface area contributed by atoms with Crippen molar-refractivity contribution in [2.75, 3.05) is 20.3 Å². The molecule has 0 N–H and O–H groups in total. The van der Waals surface area contributed by atoms with Crippen LogP contribution in [0.4, 0.5) is 0 Å². The predicted molar refractivity (Wildman–Crippen MR) is 80.8 cm³/mol. The Morgan fingerprint density at radius 2 is 2.45 bits per heavy atom. The summed E-state index contributed by atoms with van der Waals surface area (Å²) < 4.78 is 12.1. The second-order valence-corrected chi connectivity index (χ2v) is 5.42. The lowest BCUT2D eigenvalue weighted by atomic mass is 10.1. The summed E-state index contributed by atoms with van der Waals surface area (Å²) in [5.74, 6) is 0.765. The zero-order valence-corrected chi connectivity index (χ0v) is 12.4. The number of nitrogens with zero attached hydrogens (tertiary/aromatic N) is 3. The van der Waals surface area contributed by atoms with Gasteiger partial charge in [-0.2, -0.15) is 5.26 Å². The summed E-state index contributed by atoms with van der Waals surface area (Å²) in [5, 5.41) is 9.57. The minimum absolute atomic E-state index is 0.122. The van der Waals surface area contributed by atoms with E-state index in [1.54, 1.807) is 22.9 Å². The summed E-state index contributed by atoms with van der Waals surface area (Å²) >= 11 is 0. The van der Waals surface area contributed by atoms with E-state index in [1.165, 1.54) is 7.11 Å². The van der Waals surface area contributed by atoms with Gasteiger partial charge in [0, 0.05) is 26.0 Å². The Kier molecular flexibility index (Phi) is 4.07. The average Bonchev–Trinajstić information content (AvgIpc) is 3.06. The van der Waals surface area contributed by atoms with Crippen LogP contribution in [-0.2, 0) is 11.3 Å². The van der Waals surface area contributed by atoms with Crippen LogP contribution >= 0.6 is 0 Å². The maximum absolute atomic E-state index is 12.5. The summed E-state index contributed by atoms with van der Waals surface area (Å²) in [6, 6.07) is 5.35. The topological polar surface area (TPSA) is 77.1 Å². The lowest BCUT2D eigenvalue weighted by molar-refractivity contribution is 0.183. The molecule has 6 nitrogen and oxygen atoms in total. The van der Waals surface area contributed by atoms with Gasteiger partial charge in [-0.15, -0.1) is 0 Å². The molecule has 1 atom stereocenters. The number of pyridine rings is 2. The molecule has 1 saturated heterocycles. The minimum Gasteiger partial charge on any atom is -0.480 e. The Hall–Kier alpha value is -2.39. The van der Waals surface area contributed by atoms with Gasteiger partial charge >= 0.3 is 0 Å². The first-order valence-corrected chi connectivity index (χ1v) is 7.29. The van der Waals surface area contributed by atoms with Crippen molar-refractivity contribution in [2.45, 2.75) is 19.4 Å². The second-order valence-electron chi connectivity index (χ2n) is 5.42. The number of hydrogen-bond acceptors (Lipinski definition) is 5. The van der Waals surface area contributed by atoms with E-state index in [0.717, 1.165) is 26.1 Å². The van der Waals surface area contributed by atoms with E-state index in [4.69, 9.17) is 14.7 Å². The Balaban J connectivity index is 1.94. The van der Waals surface area contributed by atoms with E-state index in [2.05, 4.69) is 4.98 Å². The van der Waals surface area contributed by atoms with E-state index in [1.807, 2.05) is 6.07 Å². The fourth-order valence-electron chi connectivity index (χ4n) is 2.74. The molecular weight excluding hydrogens is 282 g/mol. The highest BCUT2D eigenvalue weighted by Crippen LogP contribution is 2.20. The number of rotatable bonds is 4. The molecule has 3 heterocycles. The van der Waals surface area contributed by atoms with Gasteiger partial charge in [0.05, 0.1) is 18.0 Å². The third kappa shape index (κ3) is 2.68. The summed E-state index contributed by atoms with van der Waals surface area (Å²) in [4.78, 5) is 16.8. The Labute approximate surface area is 127 Å². The molecule has 0 amide bonds. The van der Waals surface area contributed by atoms with Gasteiger partial charge in [-0.3, -0.25) is 4.79 Å². The van der Waals surface area contributed by atoms with Gasteiger partial charge in [-0.1, -0.05) is 0 Å². The van der Waals surface area contributed by atoms with Crippen LogP contribution < -0.4 is 10.3 Å². The molecule has 0 aliphatic carbocycles. The molecule has 1 aliphatic rings. The van der Waals surface area contributed by atoms with Crippen molar-refractivity contribution < 1.29 is 9.47 Å². The van der Waals surface area contributed by atoms with Gasteiger partial charge in [0.1, 0.15) is 11.6 Å². The van der Waals surface area contributed by atoms with Crippen molar-refractivity contribution in [1.82, 2.24) is 9.55 Å². The van der Waals surface area contributed by atoms with Gasteiger partial charge in [0.2, 0.25) is 5.88 Å². The second kappa shape index (κ2) is 6.16. The predicted octanol–water partition coefficient (Wildman–Crippen LogP) is 1.70. The lowest BCUT2D eigenvalue weighted by Gasteiger charge is -2.11. The van der Waals surface area contributed by atoms with Crippen LogP contribution in [0.2, 0.25) is 0 Å². The fraction of sp³-hybridized carbons (Fsp3) is 0.438. The van der Waals surface area contributed by atoms with Crippen LogP contribution in [0.3, 0.4) is 0 Å². The first-order valence-electron chi connectivity index (χ1n) is 7.29. The average molecular weight is 299 g/mol. The Bertz CT molecular complexity index is 786. The van der Waals surface area contributed by atoms with Crippen LogP contribution in [0.15, 0.2) is 23.1 Å². The molecule has 2 aromatic rings. The van der Waals surface area contributed by atoms with Crippen molar-refractivity contribution in [1.29, 1.82) is 5.26 Å². The molecule has 0 saturated carbocycles. The molecule has 114 valence electrons. The van der Waals surface area contributed by atoms with E-state index in [0.29, 0.717) is 23.4 Å². The summed E-state index contributed by atoms with van der Waals surface area (Å²) in [6.45, 7) is 2.24. The van der Waals surface area contributed by atoms with Crippen molar-refractivity contribution in [3.8, 4) is 11.9 Å². The quantitative estimate of drug-likeness (QED) is 0.858. The number of aromatic nitrogens is 2. The highest BCUT2D eigenvalue weighted by atomic mass is 16.5. The normalized spacial score (nSPS) is 17.5. The number of fused-ring (bicyclic) bond motifs is 1. The zero-order chi connectivity index (χ0) is 15.5. The van der Waals surface area contributed by atoms with Gasteiger partial charge in [0.25, 0.3) is 5.56 Å². The molecule has 2 aromatic heterocycles. The molecule has 0 aromatic carbocycles. The van der Waals surface area contributed by atoms with E-state index < -0.39 is 0 Å². The van der Waals surface area contributed by atoms with Crippen LogP contribution in [0.25, 0.3) is 10.9 Å². The van der Waals surface area contributed by atoms with Crippen molar-refractivity contribution in [3.63, 3.8) is 0 Å².